The number of carbonyl (C=O) groups is 3. The van der Waals surface area contributed by atoms with Crippen LogP contribution in [0.5, 0.6) is 0 Å². The SMILES string of the molecule is CC[C@H](C)/C=C(C)\C=C\C1=CC2=C(Cl)C(=O)[C@]3(C)OC(=O)[C@H](C(C)=O)[C@@H]3C2=CO1. The molecule has 0 spiro atoms. The van der Waals surface area contributed by atoms with E-state index in [4.69, 9.17) is 21.1 Å². The fourth-order valence-corrected chi connectivity index (χ4v) is 4.35. The van der Waals surface area contributed by atoms with Crippen molar-refractivity contribution in [3.05, 3.63) is 58.1 Å². The van der Waals surface area contributed by atoms with Gasteiger partial charge >= 0.3 is 5.97 Å². The first-order chi connectivity index (χ1) is 13.6. The van der Waals surface area contributed by atoms with Gasteiger partial charge in [0.05, 0.1) is 17.2 Å². The van der Waals surface area contributed by atoms with Crippen LogP contribution in [0.25, 0.3) is 0 Å². The van der Waals surface area contributed by atoms with Gasteiger partial charge in [-0.2, -0.15) is 0 Å². The summed E-state index contributed by atoms with van der Waals surface area (Å²) >= 11 is 6.36. The van der Waals surface area contributed by atoms with E-state index in [1.807, 2.05) is 13.0 Å². The molecule has 29 heavy (non-hydrogen) atoms. The first kappa shape index (κ1) is 21.3. The third-order valence-corrected chi connectivity index (χ3v) is 6.15. The number of esters is 1. The first-order valence-corrected chi connectivity index (χ1v) is 10.1. The number of allylic oxidation sites excluding steroid dienone is 6. The zero-order chi connectivity index (χ0) is 21.5. The molecular weight excluding hydrogens is 392 g/mol. The number of rotatable bonds is 5. The highest BCUT2D eigenvalue weighted by Gasteiger charge is 2.63. The van der Waals surface area contributed by atoms with E-state index in [0.717, 1.165) is 12.0 Å². The molecule has 1 aliphatic carbocycles. The second-order valence-corrected chi connectivity index (χ2v) is 8.40. The third kappa shape index (κ3) is 3.64. The van der Waals surface area contributed by atoms with Crippen molar-refractivity contribution in [3.63, 3.8) is 0 Å². The molecule has 1 saturated heterocycles. The minimum Gasteiger partial charge on any atom is -0.465 e. The van der Waals surface area contributed by atoms with Crippen LogP contribution in [0.1, 0.15) is 41.0 Å². The van der Waals surface area contributed by atoms with E-state index in [0.29, 0.717) is 22.8 Å². The van der Waals surface area contributed by atoms with Crippen LogP contribution >= 0.6 is 11.6 Å². The zero-order valence-electron chi connectivity index (χ0n) is 17.2. The van der Waals surface area contributed by atoms with Crippen LogP contribution in [0.3, 0.4) is 0 Å². The number of hydrogen-bond acceptors (Lipinski definition) is 5. The summed E-state index contributed by atoms with van der Waals surface area (Å²) in [5.41, 5.74) is 0.600. The Morgan fingerprint density at radius 3 is 2.66 bits per heavy atom. The third-order valence-electron chi connectivity index (χ3n) is 5.77. The molecule has 0 aromatic rings. The number of ketones is 2. The van der Waals surface area contributed by atoms with E-state index in [9.17, 15) is 14.4 Å². The molecule has 0 aromatic heterocycles. The smallest absolute Gasteiger partial charge is 0.318 e. The first-order valence-electron chi connectivity index (χ1n) is 9.73. The highest BCUT2D eigenvalue weighted by molar-refractivity contribution is 6.45. The maximum absolute atomic E-state index is 12.9. The summed E-state index contributed by atoms with van der Waals surface area (Å²) < 4.78 is 11.1. The molecule has 2 aliphatic heterocycles. The van der Waals surface area contributed by atoms with E-state index in [1.54, 1.807) is 12.2 Å². The van der Waals surface area contributed by atoms with Crippen molar-refractivity contribution in [2.75, 3.05) is 0 Å². The minimum atomic E-state index is -1.50. The van der Waals surface area contributed by atoms with Crippen molar-refractivity contribution in [1.29, 1.82) is 0 Å². The standard InChI is InChI=1S/C23H25ClO5/c1-6-12(2)9-13(3)7-8-15-10-16-17(11-28-15)19-18(14(4)25)22(27)29-23(19,5)21(26)20(16)24/h7-12,18-19H,6H2,1-5H3/b8-7+,13-9-/t12-,18+,19-,23+/m0/s1. The molecule has 6 heteroatoms. The molecule has 0 radical (unpaired) electrons. The van der Waals surface area contributed by atoms with E-state index >= 15 is 0 Å². The number of halogens is 1. The number of hydrogen-bond donors (Lipinski definition) is 0. The molecular formula is C23H25ClO5. The molecule has 0 aromatic carbocycles. The van der Waals surface area contributed by atoms with Crippen molar-refractivity contribution in [2.45, 2.75) is 46.6 Å². The largest absolute Gasteiger partial charge is 0.465 e. The van der Waals surface area contributed by atoms with Gasteiger partial charge in [-0.15, -0.1) is 0 Å². The van der Waals surface area contributed by atoms with E-state index in [1.165, 1.54) is 20.1 Å². The number of ether oxygens (including phenoxy) is 2. The normalized spacial score (nSPS) is 30.3. The molecule has 1 fully saturated rings. The monoisotopic (exact) mass is 416 g/mol. The summed E-state index contributed by atoms with van der Waals surface area (Å²) in [6.45, 7) is 9.11. The number of carbonyl (C=O) groups excluding carboxylic acids is 3. The molecule has 4 atom stereocenters. The van der Waals surface area contributed by atoms with E-state index in [2.05, 4.69) is 19.9 Å². The Balaban J connectivity index is 1.98. The lowest BCUT2D eigenvalue weighted by Gasteiger charge is -2.36. The predicted molar refractivity (Wildman–Crippen MR) is 110 cm³/mol. The Morgan fingerprint density at radius 1 is 1.34 bits per heavy atom. The summed E-state index contributed by atoms with van der Waals surface area (Å²) in [5, 5.41) is -0.0203. The van der Waals surface area contributed by atoms with E-state index < -0.39 is 29.2 Å². The molecule has 3 aliphatic rings. The van der Waals surface area contributed by atoms with Crippen molar-refractivity contribution in [1.82, 2.24) is 0 Å². The van der Waals surface area contributed by atoms with Gasteiger partial charge < -0.3 is 9.47 Å². The maximum Gasteiger partial charge on any atom is 0.318 e. The van der Waals surface area contributed by atoms with Crippen LogP contribution < -0.4 is 0 Å². The van der Waals surface area contributed by atoms with Crippen molar-refractivity contribution < 1.29 is 23.9 Å². The van der Waals surface area contributed by atoms with Gasteiger partial charge in [-0.05, 0) is 38.8 Å². The summed E-state index contributed by atoms with van der Waals surface area (Å²) in [6.07, 6.45) is 10.1. The fraction of sp³-hybridized carbons (Fsp3) is 0.435. The summed E-state index contributed by atoms with van der Waals surface area (Å²) in [5.74, 6) is -2.37. The van der Waals surface area contributed by atoms with Gasteiger partial charge in [-0.25, -0.2) is 0 Å². The molecule has 0 amide bonds. The summed E-state index contributed by atoms with van der Waals surface area (Å²) in [6, 6.07) is 0. The van der Waals surface area contributed by atoms with Crippen LogP contribution in [0.4, 0.5) is 0 Å². The number of fused-ring (bicyclic) bond motifs is 3. The fourth-order valence-electron chi connectivity index (χ4n) is 4.00. The Hall–Kier alpha value is -2.40. The van der Waals surface area contributed by atoms with Crippen LogP contribution in [-0.4, -0.2) is 23.1 Å². The van der Waals surface area contributed by atoms with Gasteiger partial charge in [-0.1, -0.05) is 49.6 Å². The quantitative estimate of drug-likeness (QED) is 0.373. The maximum atomic E-state index is 12.9. The predicted octanol–water partition coefficient (Wildman–Crippen LogP) is 4.55. The Labute approximate surface area is 175 Å². The average molecular weight is 417 g/mol. The van der Waals surface area contributed by atoms with Gasteiger partial charge in [0.25, 0.3) is 0 Å². The molecule has 0 N–H and O–H groups in total. The van der Waals surface area contributed by atoms with Gasteiger partial charge in [0.15, 0.2) is 5.60 Å². The van der Waals surface area contributed by atoms with Gasteiger partial charge in [0.1, 0.15) is 17.5 Å². The lowest BCUT2D eigenvalue weighted by Crippen LogP contribution is -2.47. The lowest BCUT2D eigenvalue weighted by atomic mass is 9.68. The Bertz CT molecular complexity index is 933. The molecule has 3 rings (SSSR count). The molecule has 0 unspecified atom stereocenters. The average Bonchev–Trinajstić information content (AvgIpc) is 2.96. The zero-order valence-corrected chi connectivity index (χ0v) is 18.0. The highest BCUT2D eigenvalue weighted by atomic mass is 35.5. The van der Waals surface area contributed by atoms with Gasteiger partial charge in [0.2, 0.25) is 5.78 Å². The Kier molecular flexibility index (Phi) is 5.72. The van der Waals surface area contributed by atoms with Crippen molar-refractivity contribution >= 4 is 29.1 Å². The van der Waals surface area contributed by atoms with Crippen LogP contribution in [0.2, 0.25) is 0 Å². The topological polar surface area (TPSA) is 69.7 Å². The molecule has 5 nitrogen and oxygen atoms in total. The summed E-state index contributed by atoms with van der Waals surface area (Å²) in [7, 11) is 0. The van der Waals surface area contributed by atoms with E-state index in [-0.39, 0.29) is 10.8 Å². The molecule has 2 heterocycles. The van der Waals surface area contributed by atoms with Crippen LogP contribution in [0.15, 0.2) is 58.1 Å². The minimum absolute atomic E-state index is 0.0203. The summed E-state index contributed by atoms with van der Waals surface area (Å²) in [4.78, 5) is 37.3. The second kappa shape index (κ2) is 7.79. The lowest BCUT2D eigenvalue weighted by molar-refractivity contribution is -0.156. The van der Waals surface area contributed by atoms with Crippen molar-refractivity contribution in [3.8, 4) is 0 Å². The molecule has 0 saturated carbocycles. The van der Waals surface area contributed by atoms with Crippen molar-refractivity contribution in [2.24, 2.45) is 17.8 Å². The van der Waals surface area contributed by atoms with Gasteiger partial charge in [0, 0.05) is 11.1 Å². The number of Topliss-reactive ketones (excluding diaryl/α,β-unsaturated/α-hetero) is 2. The molecule has 154 valence electrons. The second-order valence-electron chi connectivity index (χ2n) is 8.02. The molecule has 0 bridgehead atoms. The highest BCUT2D eigenvalue weighted by Crippen LogP contribution is 2.52. The van der Waals surface area contributed by atoms with Crippen LogP contribution in [-0.2, 0) is 23.9 Å². The van der Waals surface area contributed by atoms with Gasteiger partial charge in [-0.3, -0.25) is 14.4 Å². The Morgan fingerprint density at radius 2 is 2.03 bits per heavy atom. The van der Waals surface area contributed by atoms with Crippen LogP contribution in [0, 0.1) is 17.8 Å².